The van der Waals surface area contributed by atoms with Crippen molar-refractivity contribution >= 4 is 13.9 Å². The van der Waals surface area contributed by atoms with Crippen LogP contribution in [0.3, 0.4) is 0 Å². The Balaban J connectivity index is 1.83. The first-order chi connectivity index (χ1) is 14.1. The number of hydrogen-bond donors (Lipinski definition) is 1. The molecule has 0 saturated carbocycles. The Bertz CT molecular complexity index is 737. The Kier molecular flexibility index (Phi) is 10.2. The monoisotopic (exact) mass is 419 g/mol. The van der Waals surface area contributed by atoms with Gasteiger partial charge in [-0.3, -0.25) is 13.6 Å². The summed E-state index contributed by atoms with van der Waals surface area (Å²) in [4.78, 5) is 11.4. The maximum atomic E-state index is 13.0. The Morgan fingerprint density at radius 1 is 0.897 bits per heavy atom. The minimum absolute atomic E-state index is 0.0512. The van der Waals surface area contributed by atoms with Crippen LogP contribution in [-0.4, -0.2) is 25.9 Å². The van der Waals surface area contributed by atoms with E-state index in [4.69, 9.17) is 18.3 Å². The molecule has 29 heavy (non-hydrogen) atoms. The van der Waals surface area contributed by atoms with E-state index in [-0.39, 0.29) is 26.4 Å². The summed E-state index contributed by atoms with van der Waals surface area (Å²) in [6.07, 6.45) is 1.35. The average molecular weight is 419 g/mol. The first-order valence-electron chi connectivity index (χ1n) is 9.24. The molecule has 2 rings (SSSR count). The number of carbonyl (C=O) groups is 1. The van der Waals surface area contributed by atoms with E-state index in [0.29, 0.717) is 13.0 Å². The molecule has 0 bridgehead atoms. The van der Waals surface area contributed by atoms with E-state index < -0.39 is 13.9 Å². The van der Waals surface area contributed by atoms with Gasteiger partial charge < -0.3 is 10.1 Å². The normalized spacial score (nSPS) is 11.0. The molecule has 0 saturated heterocycles. The lowest BCUT2D eigenvalue weighted by Gasteiger charge is -2.18. The molecular formula is C21H26NO6P. The minimum Gasteiger partial charge on any atom is -0.449 e. The molecular weight excluding hydrogens is 393 g/mol. The predicted molar refractivity (Wildman–Crippen MR) is 110 cm³/mol. The molecule has 0 atom stereocenters. The quantitative estimate of drug-likeness (QED) is 0.284. The number of phosphoric acid groups is 1. The van der Waals surface area contributed by atoms with Crippen molar-refractivity contribution in [3.8, 4) is 0 Å². The molecule has 0 aromatic heterocycles. The number of alkyl carbamates (subject to hydrolysis) is 1. The van der Waals surface area contributed by atoms with Crippen LogP contribution < -0.4 is 5.32 Å². The van der Waals surface area contributed by atoms with E-state index in [2.05, 4.69) is 11.9 Å². The van der Waals surface area contributed by atoms with Crippen molar-refractivity contribution in [3.05, 3.63) is 84.4 Å². The summed E-state index contributed by atoms with van der Waals surface area (Å²) in [6.45, 7) is 4.17. The first kappa shape index (κ1) is 22.8. The predicted octanol–water partition coefficient (Wildman–Crippen LogP) is 4.85. The Labute approximate surface area is 171 Å². The molecule has 1 amide bonds. The van der Waals surface area contributed by atoms with Gasteiger partial charge in [0.05, 0.1) is 26.4 Å². The molecule has 0 aliphatic carbocycles. The summed E-state index contributed by atoms with van der Waals surface area (Å²) in [5.74, 6) is 0. The van der Waals surface area contributed by atoms with Crippen molar-refractivity contribution in [3.63, 3.8) is 0 Å². The molecule has 0 heterocycles. The van der Waals surface area contributed by atoms with Gasteiger partial charge in [-0.1, -0.05) is 66.7 Å². The summed E-state index contributed by atoms with van der Waals surface area (Å²) < 4.78 is 34.4. The smallest absolute Gasteiger partial charge is 0.449 e. The number of rotatable bonds is 13. The molecule has 156 valence electrons. The van der Waals surface area contributed by atoms with Gasteiger partial charge in [0, 0.05) is 13.0 Å². The first-order valence-corrected chi connectivity index (χ1v) is 10.7. The molecule has 0 aliphatic heterocycles. The van der Waals surface area contributed by atoms with Gasteiger partial charge in [0.15, 0.2) is 0 Å². The van der Waals surface area contributed by atoms with Crippen LogP contribution in [0.15, 0.2) is 73.3 Å². The third kappa shape index (κ3) is 9.54. The van der Waals surface area contributed by atoms with Crippen LogP contribution in [-0.2, 0) is 36.1 Å². The maximum Gasteiger partial charge on any atom is 0.475 e. The van der Waals surface area contributed by atoms with Crippen molar-refractivity contribution in [2.45, 2.75) is 19.6 Å². The van der Waals surface area contributed by atoms with Gasteiger partial charge in [-0.25, -0.2) is 9.36 Å². The van der Waals surface area contributed by atoms with Gasteiger partial charge in [0.1, 0.15) is 0 Å². The van der Waals surface area contributed by atoms with Crippen LogP contribution in [0.5, 0.6) is 0 Å². The van der Waals surface area contributed by atoms with E-state index in [1.807, 2.05) is 60.7 Å². The third-order valence-corrected chi connectivity index (χ3v) is 5.02. The highest BCUT2D eigenvalue weighted by Crippen LogP contribution is 2.51. The number of carbonyl (C=O) groups excluding carboxylic acids is 1. The SMILES string of the molecule is C=CCNC(=O)OCCCOP(=O)(OCc1ccccc1)OCc1ccccc1. The molecule has 0 spiro atoms. The molecule has 2 aromatic carbocycles. The molecule has 7 nitrogen and oxygen atoms in total. The number of phosphoric ester groups is 1. The summed E-state index contributed by atoms with van der Waals surface area (Å²) in [5, 5.41) is 2.49. The summed E-state index contributed by atoms with van der Waals surface area (Å²) in [6, 6.07) is 18.7. The second-order valence-corrected chi connectivity index (χ2v) is 7.63. The maximum absolute atomic E-state index is 13.0. The highest BCUT2D eigenvalue weighted by molar-refractivity contribution is 7.48. The van der Waals surface area contributed by atoms with Crippen molar-refractivity contribution < 1.29 is 27.7 Å². The molecule has 8 heteroatoms. The van der Waals surface area contributed by atoms with Crippen molar-refractivity contribution in [1.82, 2.24) is 5.32 Å². The zero-order valence-electron chi connectivity index (χ0n) is 16.2. The van der Waals surface area contributed by atoms with E-state index in [1.54, 1.807) is 6.08 Å². The molecule has 0 fully saturated rings. The van der Waals surface area contributed by atoms with Crippen molar-refractivity contribution in [2.24, 2.45) is 0 Å². The topological polar surface area (TPSA) is 83.1 Å². The Morgan fingerprint density at radius 2 is 1.45 bits per heavy atom. The van der Waals surface area contributed by atoms with Gasteiger partial charge in [0.2, 0.25) is 0 Å². The van der Waals surface area contributed by atoms with E-state index >= 15 is 0 Å². The second kappa shape index (κ2) is 12.9. The van der Waals surface area contributed by atoms with Crippen LogP contribution in [0.25, 0.3) is 0 Å². The number of amides is 1. The van der Waals surface area contributed by atoms with Crippen molar-refractivity contribution in [1.29, 1.82) is 0 Å². The number of nitrogens with one attached hydrogen (secondary N) is 1. The minimum atomic E-state index is -3.80. The number of hydrogen-bond acceptors (Lipinski definition) is 6. The summed E-state index contributed by atoms with van der Waals surface area (Å²) in [7, 11) is -3.80. The number of ether oxygens (including phenoxy) is 1. The fourth-order valence-corrected chi connectivity index (χ4v) is 3.36. The van der Waals surface area contributed by atoms with Crippen LogP contribution >= 0.6 is 7.82 Å². The third-order valence-electron chi connectivity index (χ3n) is 3.63. The summed E-state index contributed by atoms with van der Waals surface area (Å²) in [5.41, 5.74) is 1.70. The van der Waals surface area contributed by atoms with E-state index in [9.17, 15) is 9.36 Å². The molecule has 1 N–H and O–H groups in total. The molecule has 0 aliphatic rings. The van der Waals surface area contributed by atoms with Gasteiger partial charge in [-0.2, -0.15) is 0 Å². The average Bonchev–Trinajstić information content (AvgIpc) is 2.76. The van der Waals surface area contributed by atoms with Crippen LogP contribution in [0.4, 0.5) is 4.79 Å². The zero-order valence-corrected chi connectivity index (χ0v) is 17.1. The van der Waals surface area contributed by atoms with Gasteiger partial charge >= 0.3 is 13.9 Å². The Hall–Kier alpha value is -2.44. The van der Waals surface area contributed by atoms with Crippen LogP contribution in [0.1, 0.15) is 17.5 Å². The van der Waals surface area contributed by atoms with Gasteiger partial charge in [-0.15, -0.1) is 6.58 Å². The lowest BCUT2D eigenvalue weighted by Crippen LogP contribution is -2.24. The van der Waals surface area contributed by atoms with Gasteiger partial charge in [0.25, 0.3) is 0 Å². The second-order valence-electron chi connectivity index (χ2n) is 5.96. The number of benzene rings is 2. The molecule has 2 aromatic rings. The Morgan fingerprint density at radius 3 is 1.97 bits per heavy atom. The highest BCUT2D eigenvalue weighted by Gasteiger charge is 2.27. The van der Waals surface area contributed by atoms with Crippen molar-refractivity contribution in [2.75, 3.05) is 19.8 Å². The van der Waals surface area contributed by atoms with Crippen LogP contribution in [0.2, 0.25) is 0 Å². The highest BCUT2D eigenvalue weighted by atomic mass is 31.2. The fourth-order valence-electron chi connectivity index (χ4n) is 2.17. The lowest BCUT2D eigenvalue weighted by molar-refractivity contribution is 0.0932. The lowest BCUT2D eigenvalue weighted by atomic mass is 10.2. The largest absolute Gasteiger partial charge is 0.475 e. The molecule has 0 unspecified atom stereocenters. The fraction of sp³-hybridized carbons (Fsp3) is 0.286. The molecule has 0 radical (unpaired) electrons. The summed E-state index contributed by atoms with van der Waals surface area (Å²) >= 11 is 0. The zero-order chi connectivity index (χ0) is 20.8. The van der Waals surface area contributed by atoms with E-state index in [0.717, 1.165) is 11.1 Å². The standard InChI is InChI=1S/C21H26NO6P/c1-2-14-22-21(23)25-15-9-16-26-29(24,27-17-19-10-5-3-6-11-19)28-18-20-12-7-4-8-13-20/h2-8,10-13H,1,9,14-18H2,(H,22,23). The van der Waals surface area contributed by atoms with E-state index in [1.165, 1.54) is 0 Å². The van der Waals surface area contributed by atoms with Crippen LogP contribution in [0, 0.1) is 0 Å². The van der Waals surface area contributed by atoms with Gasteiger partial charge in [-0.05, 0) is 11.1 Å².